The lowest BCUT2D eigenvalue weighted by molar-refractivity contribution is 1.07. The topological polar surface area (TPSA) is 49.4 Å². The zero-order valence-corrected chi connectivity index (χ0v) is 6.71. The Morgan fingerprint density at radius 3 is 3.09 bits per heavy atom. The Morgan fingerprint density at radius 2 is 2.27 bits per heavy atom. The fraction of sp³-hybridized carbons (Fsp3) is 0.200. The van der Waals surface area contributed by atoms with Crippen molar-refractivity contribution in [1.82, 2.24) is 0 Å². The van der Waals surface area contributed by atoms with Crippen molar-refractivity contribution in [2.24, 2.45) is 20.0 Å². The monoisotopic (exact) mass is 188 g/mol. The van der Waals surface area contributed by atoms with Crippen molar-refractivity contribution < 1.29 is 0 Å². The Kier molecular flexibility index (Phi) is 1.34. The van der Waals surface area contributed by atoms with Gasteiger partial charge in [0.25, 0.3) is 0 Å². The maximum absolute atomic E-state index is 5.89. The third-order valence-electron chi connectivity index (χ3n) is 1.28. The summed E-state index contributed by atoms with van der Waals surface area (Å²) in [4.78, 5) is 14.2. The molecule has 2 heterocycles. The molecule has 2 aliphatic heterocycles. The fourth-order valence-corrected chi connectivity index (χ4v) is 1.08. The largest absolute Gasteiger partial charge is 0.237 e. The van der Waals surface area contributed by atoms with Crippen molar-refractivity contribution in [3.05, 3.63) is 0 Å². The van der Waals surface area contributed by atoms with Gasteiger partial charge >= 0.3 is 0 Å². The van der Waals surface area contributed by atoms with Crippen LogP contribution in [0.4, 0.5) is 0 Å². The van der Waals surface area contributed by atoms with Gasteiger partial charge in [0.2, 0.25) is 10.3 Å². The van der Waals surface area contributed by atoms with E-state index in [1.54, 1.807) is 0 Å². The van der Waals surface area contributed by atoms with E-state index in [-0.39, 0.29) is 5.29 Å². The van der Waals surface area contributed by atoms with E-state index in [0.717, 1.165) is 0 Å². The van der Waals surface area contributed by atoms with Gasteiger partial charge in [-0.2, -0.15) is 4.99 Å². The molecule has 0 saturated heterocycles. The second kappa shape index (κ2) is 2.12. The van der Waals surface area contributed by atoms with Crippen LogP contribution in [0.3, 0.4) is 0 Å². The highest BCUT2D eigenvalue weighted by Crippen LogP contribution is 2.24. The van der Waals surface area contributed by atoms with Crippen LogP contribution in [-0.4, -0.2) is 28.7 Å². The minimum atomic E-state index is -1.00. The van der Waals surface area contributed by atoms with E-state index in [0.29, 0.717) is 5.84 Å². The van der Waals surface area contributed by atoms with Gasteiger partial charge < -0.3 is 0 Å². The molecule has 0 radical (unpaired) electrons. The molecule has 1 unspecified atom stereocenters. The average Bonchev–Trinajstić information content (AvgIpc) is 2.31. The van der Waals surface area contributed by atoms with Crippen molar-refractivity contribution in [1.29, 1.82) is 0 Å². The van der Waals surface area contributed by atoms with E-state index in [9.17, 15) is 0 Å². The molecule has 6 heteroatoms. The number of aliphatic imine (C=N–C) groups is 4. The lowest BCUT2D eigenvalue weighted by atomic mass is 10.3. The minimum Gasteiger partial charge on any atom is -0.237 e. The molecule has 0 fully saturated rings. The third kappa shape index (κ3) is 0.985. The lowest BCUT2D eigenvalue weighted by Gasteiger charge is -2.14. The summed E-state index contributed by atoms with van der Waals surface area (Å²) >= 11 is 11.4. The summed E-state index contributed by atoms with van der Waals surface area (Å²) in [6.45, 7) is 0. The molecule has 4 nitrogen and oxygen atoms in total. The first-order chi connectivity index (χ1) is 5.21. The molecule has 2 rings (SSSR count). The molecular formula is C5H2Cl2N4. The zero-order valence-electron chi connectivity index (χ0n) is 5.20. The zero-order chi connectivity index (χ0) is 7.90. The first kappa shape index (κ1) is 6.94. The number of amidine groups is 2. The van der Waals surface area contributed by atoms with Crippen LogP contribution in [0.2, 0.25) is 0 Å². The molecule has 0 saturated carbocycles. The maximum Gasteiger partial charge on any atom is 0.229 e. The Hall–Kier alpha value is -0.740. The number of nitrogens with zero attached hydrogens (tertiary/aromatic N) is 4. The van der Waals surface area contributed by atoms with Crippen LogP contribution in [0.5, 0.6) is 0 Å². The van der Waals surface area contributed by atoms with Crippen molar-refractivity contribution in [3.8, 4) is 0 Å². The highest BCUT2D eigenvalue weighted by atomic mass is 35.5. The average molecular weight is 189 g/mol. The molecule has 56 valence electrons. The summed E-state index contributed by atoms with van der Waals surface area (Å²) in [7, 11) is 0. The number of alkyl halides is 1. The Labute approximate surface area is 72.4 Å². The van der Waals surface area contributed by atoms with E-state index in [1.807, 2.05) is 0 Å². The molecular weight excluding hydrogens is 187 g/mol. The van der Waals surface area contributed by atoms with Gasteiger partial charge in [0, 0.05) is 0 Å². The maximum atomic E-state index is 5.89. The van der Waals surface area contributed by atoms with Crippen molar-refractivity contribution in [2.45, 2.75) is 5.00 Å². The van der Waals surface area contributed by atoms with Gasteiger partial charge in [-0.3, -0.25) is 0 Å². The molecule has 0 aromatic carbocycles. The number of rotatable bonds is 0. The number of hydrogen-bond donors (Lipinski definition) is 0. The molecule has 0 N–H and O–H groups in total. The number of fused-ring (bicyclic) bond motifs is 1. The smallest absolute Gasteiger partial charge is 0.229 e. The van der Waals surface area contributed by atoms with Crippen LogP contribution >= 0.6 is 23.2 Å². The van der Waals surface area contributed by atoms with E-state index < -0.39 is 5.00 Å². The number of halogens is 2. The van der Waals surface area contributed by atoms with Crippen LogP contribution in [-0.2, 0) is 0 Å². The van der Waals surface area contributed by atoms with Gasteiger partial charge in [0.1, 0.15) is 6.34 Å². The Balaban J connectivity index is 2.49. The summed E-state index contributed by atoms with van der Waals surface area (Å²) in [5.74, 6) is 0.374. The fourth-order valence-electron chi connectivity index (χ4n) is 0.769. The van der Waals surface area contributed by atoms with E-state index in [1.165, 1.54) is 12.6 Å². The Morgan fingerprint density at radius 1 is 1.45 bits per heavy atom. The van der Waals surface area contributed by atoms with E-state index in [2.05, 4.69) is 20.0 Å². The first-order valence-electron chi connectivity index (χ1n) is 2.81. The van der Waals surface area contributed by atoms with Crippen LogP contribution in [0.25, 0.3) is 0 Å². The molecule has 0 bridgehead atoms. The van der Waals surface area contributed by atoms with Crippen LogP contribution in [0.1, 0.15) is 0 Å². The summed E-state index contributed by atoms with van der Waals surface area (Å²) in [5.41, 5.74) is 0. The second-order valence-corrected chi connectivity index (χ2v) is 2.92. The van der Waals surface area contributed by atoms with Gasteiger partial charge in [-0.05, 0) is 11.6 Å². The second-order valence-electron chi connectivity index (χ2n) is 2.01. The van der Waals surface area contributed by atoms with E-state index in [4.69, 9.17) is 23.2 Å². The standard InChI is InChI=1S/C5H2Cl2N4/c6-4-8-1-5(7)3(11-4)9-2-10-5/h1-2H. The van der Waals surface area contributed by atoms with Crippen LogP contribution in [0, 0.1) is 0 Å². The van der Waals surface area contributed by atoms with E-state index >= 15 is 0 Å². The summed E-state index contributed by atoms with van der Waals surface area (Å²) in [6.07, 6.45) is 2.75. The SMILES string of the molecule is ClC1=NC2=NC=NC2(Cl)C=N1. The van der Waals surface area contributed by atoms with Crippen molar-refractivity contribution in [2.75, 3.05) is 0 Å². The van der Waals surface area contributed by atoms with Gasteiger partial charge in [-0.1, -0.05) is 11.6 Å². The molecule has 11 heavy (non-hydrogen) atoms. The van der Waals surface area contributed by atoms with Crippen molar-refractivity contribution in [3.63, 3.8) is 0 Å². The minimum absolute atomic E-state index is 0.130. The molecule has 0 amide bonds. The number of hydrogen-bond acceptors (Lipinski definition) is 4. The van der Waals surface area contributed by atoms with Gasteiger partial charge in [-0.25, -0.2) is 15.0 Å². The van der Waals surface area contributed by atoms with Crippen LogP contribution < -0.4 is 0 Å². The summed E-state index contributed by atoms with van der Waals surface area (Å²) < 4.78 is 0. The molecule has 0 spiro atoms. The molecule has 0 aromatic heterocycles. The molecule has 1 atom stereocenters. The van der Waals surface area contributed by atoms with Crippen molar-refractivity contribution >= 4 is 46.9 Å². The molecule has 2 aliphatic rings. The normalized spacial score (nSPS) is 33.3. The predicted molar refractivity (Wildman–Crippen MR) is 46.3 cm³/mol. The van der Waals surface area contributed by atoms with Gasteiger partial charge in [-0.15, -0.1) is 0 Å². The van der Waals surface area contributed by atoms with Crippen LogP contribution in [0.15, 0.2) is 20.0 Å². The lowest BCUT2D eigenvalue weighted by Crippen LogP contribution is -2.31. The Bertz CT molecular complexity index is 316. The summed E-state index contributed by atoms with van der Waals surface area (Å²) in [5, 5.41) is 0.130. The predicted octanol–water partition coefficient (Wildman–Crippen LogP) is 1.04. The highest BCUT2D eigenvalue weighted by Gasteiger charge is 2.36. The quantitative estimate of drug-likeness (QED) is 0.403. The van der Waals surface area contributed by atoms with Gasteiger partial charge in [0.05, 0.1) is 6.21 Å². The highest BCUT2D eigenvalue weighted by molar-refractivity contribution is 6.68. The molecule has 0 aliphatic carbocycles. The molecule has 0 aromatic rings. The first-order valence-corrected chi connectivity index (χ1v) is 3.57. The summed E-state index contributed by atoms with van der Waals surface area (Å²) in [6, 6.07) is 0. The third-order valence-corrected chi connectivity index (χ3v) is 1.83. The van der Waals surface area contributed by atoms with Gasteiger partial charge in [0.15, 0.2) is 5.84 Å².